The summed E-state index contributed by atoms with van der Waals surface area (Å²) in [6.45, 7) is 4.39. The first-order valence-corrected chi connectivity index (χ1v) is 10.8. The van der Waals surface area contributed by atoms with Crippen molar-refractivity contribution in [3.8, 4) is 5.75 Å². The lowest BCUT2D eigenvalue weighted by atomic mass is 10.1. The molecule has 0 radical (unpaired) electrons. The van der Waals surface area contributed by atoms with Gasteiger partial charge >= 0.3 is 0 Å². The molecule has 0 aromatic heterocycles. The molecule has 7 heteroatoms. The number of ether oxygens (including phenoxy) is 2. The second kappa shape index (κ2) is 9.94. The Hall–Kier alpha value is -2.90. The van der Waals surface area contributed by atoms with Gasteiger partial charge in [-0.1, -0.05) is 12.1 Å². The van der Waals surface area contributed by atoms with Gasteiger partial charge in [-0.3, -0.25) is 9.59 Å². The molecule has 2 aromatic rings. The number of hydrogen-bond donors (Lipinski definition) is 1. The highest BCUT2D eigenvalue weighted by atomic mass is 16.5. The van der Waals surface area contributed by atoms with Gasteiger partial charge in [0.25, 0.3) is 11.8 Å². The van der Waals surface area contributed by atoms with Gasteiger partial charge in [-0.05, 0) is 56.3 Å². The standard InChI is InChI=1S/C24H29N3O4/c1-26-12-14-27(15-13-26)24(29)21-6-2-3-7-22(21)25-23(28)18-8-10-19(11-9-18)31-17-20-5-4-16-30-20/h2-3,6-11,20H,4-5,12-17H2,1H3,(H,25,28). The molecule has 164 valence electrons. The quantitative estimate of drug-likeness (QED) is 0.774. The Morgan fingerprint density at radius 3 is 2.52 bits per heavy atom. The summed E-state index contributed by atoms with van der Waals surface area (Å²) in [5.74, 6) is 0.392. The molecule has 1 N–H and O–H groups in total. The van der Waals surface area contributed by atoms with Crippen LogP contribution in [-0.2, 0) is 4.74 Å². The highest BCUT2D eigenvalue weighted by molar-refractivity contribution is 6.09. The van der Waals surface area contributed by atoms with E-state index in [9.17, 15) is 9.59 Å². The zero-order chi connectivity index (χ0) is 21.6. The molecule has 0 bridgehead atoms. The molecule has 1 atom stereocenters. The van der Waals surface area contributed by atoms with Gasteiger partial charge in [0, 0.05) is 38.3 Å². The summed E-state index contributed by atoms with van der Waals surface area (Å²) in [7, 11) is 2.05. The number of rotatable bonds is 6. The summed E-state index contributed by atoms with van der Waals surface area (Å²) in [5.41, 5.74) is 1.54. The second-order valence-electron chi connectivity index (χ2n) is 8.07. The lowest BCUT2D eigenvalue weighted by Gasteiger charge is -2.32. The number of anilines is 1. The van der Waals surface area contributed by atoms with Gasteiger partial charge in [0.1, 0.15) is 12.4 Å². The average Bonchev–Trinajstić information content (AvgIpc) is 3.32. The first kappa shape index (κ1) is 21.3. The van der Waals surface area contributed by atoms with Crippen molar-refractivity contribution in [2.75, 3.05) is 51.8 Å². The van der Waals surface area contributed by atoms with Crippen LogP contribution in [0.5, 0.6) is 5.75 Å². The molecule has 0 spiro atoms. The number of carbonyl (C=O) groups excluding carboxylic acids is 2. The molecule has 31 heavy (non-hydrogen) atoms. The van der Waals surface area contributed by atoms with E-state index in [4.69, 9.17) is 9.47 Å². The van der Waals surface area contributed by atoms with Crippen LogP contribution in [0.1, 0.15) is 33.6 Å². The first-order chi connectivity index (χ1) is 15.1. The van der Waals surface area contributed by atoms with Crippen LogP contribution >= 0.6 is 0 Å². The molecule has 0 aliphatic carbocycles. The molecule has 2 fully saturated rings. The highest BCUT2D eigenvalue weighted by Gasteiger charge is 2.23. The van der Waals surface area contributed by atoms with Crippen molar-refractivity contribution in [1.29, 1.82) is 0 Å². The van der Waals surface area contributed by atoms with Gasteiger partial charge in [0.05, 0.1) is 17.4 Å². The molecule has 4 rings (SSSR count). The normalized spacial score (nSPS) is 19.3. The number of piperazine rings is 1. The van der Waals surface area contributed by atoms with Gasteiger partial charge in [-0.15, -0.1) is 0 Å². The van der Waals surface area contributed by atoms with Crippen LogP contribution in [0.2, 0.25) is 0 Å². The van der Waals surface area contributed by atoms with Crippen molar-refractivity contribution in [2.24, 2.45) is 0 Å². The molecule has 2 aromatic carbocycles. The molecule has 0 saturated carbocycles. The third-order valence-electron chi connectivity index (χ3n) is 5.77. The maximum atomic E-state index is 13.0. The minimum atomic E-state index is -0.260. The molecule has 7 nitrogen and oxygen atoms in total. The SMILES string of the molecule is CN1CCN(C(=O)c2ccccc2NC(=O)c2ccc(OCC3CCCO3)cc2)CC1. The Kier molecular flexibility index (Phi) is 6.84. The summed E-state index contributed by atoms with van der Waals surface area (Å²) in [6, 6.07) is 14.2. The van der Waals surface area contributed by atoms with Gasteiger partial charge in [0.2, 0.25) is 0 Å². The fraction of sp³-hybridized carbons (Fsp3) is 0.417. The number of nitrogens with zero attached hydrogens (tertiary/aromatic N) is 2. The predicted molar refractivity (Wildman–Crippen MR) is 119 cm³/mol. The Bertz CT molecular complexity index is 901. The van der Waals surface area contributed by atoms with Crippen LogP contribution in [0.3, 0.4) is 0 Å². The smallest absolute Gasteiger partial charge is 0.256 e. The van der Waals surface area contributed by atoms with E-state index in [2.05, 4.69) is 17.3 Å². The Morgan fingerprint density at radius 1 is 1.06 bits per heavy atom. The molecule has 2 aliphatic rings. The van der Waals surface area contributed by atoms with E-state index in [-0.39, 0.29) is 17.9 Å². The van der Waals surface area contributed by atoms with Crippen LogP contribution in [-0.4, -0.2) is 74.2 Å². The van der Waals surface area contributed by atoms with Crippen LogP contribution in [0.4, 0.5) is 5.69 Å². The molecule has 2 saturated heterocycles. The summed E-state index contributed by atoms with van der Waals surface area (Å²) < 4.78 is 11.3. The number of para-hydroxylation sites is 1. The molecule has 2 heterocycles. The van der Waals surface area contributed by atoms with E-state index in [1.165, 1.54) is 0 Å². The van der Waals surface area contributed by atoms with Crippen molar-refractivity contribution >= 4 is 17.5 Å². The Balaban J connectivity index is 1.38. The van der Waals surface area contributed by atoms with Crippen molar-refractivity contribution in [3.05, 3.63) is 59.7 Å². The summed E-state index contributed by atoms with van der Waals surface area (Å²) >= 11 is 0. The maximum Gasteiger partial charge on any atom is 0.256 e. The van der Waals surface area contributed by atoms with Gasteiger partial charge in [-0.25, -0.2) is 0 Å². The van der Waals surface area contributed by atoms with Crippen molar-refractivity contribution in [2.45, 2.75) is 18.9 Å². The number of hydrogen-bond acceptors (Lipinski definition) is 5. The first-order valence-electron chi connectivity index (χ1n) is 10.8. The van der Waals surface area contributed by atoms with E-state index < -0.39 is 0 Å². The number of amides is 2. The fourth-order valence-electron chi connectivity index (χ4n) is 3.82. The largest absolute Gasteiger partial charge is 0.491 e. The van der Waals surface area contributed by atoms with Crippen molar-refractivity contribution < 1.29 is 19.1 Å². The molecule has 1 unspecified atom stereocenters. The second-order valence-corrected chi connectivity index (χ2v) is 8.07. The third kappa shape index (κ3) is 5.42. The Labute approximate surface area is 182 Å². The monoisotopic (exact) mass is 423 g/mol. The van der Waals surface area contributed by atoms with Gasteiger partial charge < -0.3 is 24.6 Å². The number of benzene rings is 2. The minimum absolute atomic E-state index is 0.0538. The van der Waals surface area contributed by atoms with Crippen LogP contribution < -0.4 is 10.1 Å². The summed E-state index contributed by atoms with van der Waals surface area (Å²) in [4.78, 5) is 29.8. The topological polar surface area (TPSA) is 71.1 Å². The van der Waals surface area contributed by atoms with Crippen molar-refractivity contribution in [3.63, 3.8) is 0 Å². The molecular formula is C24H29N3O4. The highest BCUT2D eigenvalue weighted by Crippen LogP contribution is 2.21. The predicted octanol–water partition coefficient (Wildman–Crippen LogP) is 2.88. The van der Waals surface area contributed by atoms with Crippen LogP contribution in [0, 0.1) is 0 Å². The van der Waals surface area contributed by atoms with E-state index in [1.807, 2.05) is 17.0 Å². The number of carbonyl (C=O) groups is 2. The zero-order valence-corrected chi connectivity index (χ0v) is 17.9. The molecule has 2 amide bonds. The average molecular weight is 424 g/mol. The molecule has 2 aliphatic heterocycles. The lowest BCUT2D eigenvalue weighted by molar-refractivity contribution is 0.0665. The van der Waals surface area contributed by atoms with Crippen LogP contribution in [0.25, 0.3) is 0 Å². The third-order valence-corrected chi connectivity index (χ3v) is 5.77. The van der Waals surface area contributed by atoms with E-state index >= 15 is 0 Å². The minimum Gasteiger partial charge on any atom is -0.491 e. The van der Waals surface area contributed by atoms with Crippen molar-refractivity contribution in [1.82, 2.24) is 9.80 Å². The van der Waals surface area contributed by atoms with Gasteiger partial charge in [0.15, 0.2) is 0 Å². The number of likely N-dealkylation sites (N-methyl/N-ethyl adjacent to an activating group) is 1. The zero-order valence-electron chi connectivity index (χ0n) is 17.9. The lowest BCUT2D eigenvalue weighted by Crippen LogP contribution is -2.47. The summed E-state index contributed by atoms with van der Waals surface area (Å²) in [6.07, 6.45) is 2.25. The molecular weight excluding hydrogens is 394 g/mol. The van der Waals surface area contributed by atoms with E-state index in [0.717, 1.165) is 32.5 Å². The van der Waals surface area contributed by atoms with E-state index in [1.54, 1.807) is 36.4 Å². The fourth-order valence-corrected chi connectivity index (χ4v) is 3.82. The Morgan fingerprint density at radius 2 is 1.81 bits per heavy atom. The number of nitrogens with one attached hydrogen (secondary N) is 1. The van der Waals surface area contributed by atoms with E-state index in [0.29, 0.717) is 42.3 Å². The van der Waals surface area contributed by atoms with Gasteiger partial charge in [-0.2, -0.15) is 0 Å². The summed E-state index contributed by atoms with van der Waals surface area (Å²) in [5, 5.41) is 2.89. The van der Waals surface area contributed by atoms with Crippen LogP contribution in [0.15, 0.2) is 48.5 Å². The maximum absolute atomic E-state index is 13.0.